The van der Waals surface area contributed by atoms with Gasteiger partial charge >= 0.3 is 0 Å². The van der Waals surface area contributed by atoms with Gasteiger partial charge in [0.15, 0.2) is 0 Å². The highest BCUT2D eigenvalue weighted by Crippen LogP contribution is 1.99. The fourth-order valence-electron chi connectivity index (χ4n) is 2.16. The van der Waals surface area contributed by atoms with Gasteiger partial charge in [-0.25, -0.2) is 9.98 Å². The summed E-state index contributed by atoms with van der Waals surface area (Å²) in [6.45, 7) is 5.69. The Hall–Kier alpha value is -4.79. The van der Waals surface area contributed by atoms with Gasteiger partial charge in [0.25, 0.3) is 0 Å². The molecule has 0 aliphatic rings. The molecule has 146 valence electrons. The molecule has 0 atom stereocenters. The zero-order chi connectivity index (χ0) is 21.7. The number of pyridine rings is 3. The van der Waals surface area contributed by atoms with Crippen LogP contribution in [0.5, 0.6) is 0 Å². The van der Waals surface area contributed by atoms with Gasteiger partial charge < -0.3 is 0 Å². The number of amidine groups is 1. The van der Waals surface area contributed by atoms with E-state index in [1.54, 1.807) is 44.1 Å². The van der Waals surface area contributed by atoms with Gasteiger partial charge in [-0.2, -0.15) is 0 Å². The number of aliphatic imine (C=N–C) groups is 2. The average molecular weight is 399 g/mol. The van der Waals surface area contributed by atoms with Crippen molar-refractivity contribution in [3.05, 3.63) is 103 Å². The van der Waals surface area contributed by atoms with Crippen LogP contribution < -0.4 is 0 Å². The summed E-state index contributed by atoms with van der Waals surface area (Å²) in [6.07, 6.45) is 10.1. The molecule has 3 rings (SSSR count). The highest BCUT2D eigenvalue weighted by atomic mass is 14.9. The molecular weight excluding hydrogens is 382 g/mol. The van der Waals surface area contributed by atoms with E-state index in [9.17, 15) is 0 Å². The van der Waals surface area contributed by atoms with E-state index in [1.807, 2.05) is 36.4 Å². The largest absolute Gasteiger partial charge is 0.265 e. The van der Waals surface area contributed by atoms with E-state index in [4.69, 9.17) is 0 Å². The molecule has 3 aromatic rings. The molecule has 0 aliphatic heterocycles. The predicted octanol–water partition coefficient (Wildman–Crippen LogP) is 3.70. The van der Waals surface area contributed by atoms with Gasteiger partial charge in [-0.05, 0) is 61.1 Å². The van der Waals surface area contributed by atoms with Gasteiger partial charge in [-0.1, -0.05) is 24.3 Å². The number of hydrogen-bond acceptors (Lipinski definition) is 4. The maximum atomic E-state index is 4.45. The first-order chi connectivity index (χ1) is 15.2. The second-order valence-corrected chi connectivity index (χ2v) is 6.04. The maximum Gasteiger partial charge on any atom is 0.207 e. The van der Waals surface area contributed by atoms with Crippen LogP contribution in [0.2, 0.25) is 0 Å². The molecule has 31 heavy (non-hydrogen) atoms. The molecule has 0 unspecified atom stereocenters. The molecule has 0 saturated carbocycles. The minimum Gasteiger partial charge on any atom is -0.265 e. The summed E-state index contributed by atoms with van der Waals surface area (Å²) in [7, 11) is 0. The predicted molar refractivity (Wildman–Crippen MR) is 123 cm³/mol. The van der Waals surface area contributed by atoms with Crippen LogP contribution in [-0.2, 0) is 0 Å². The quantitative estimate of drug-likeness (QED) is 0.356. The summed E-state index contributed by atoms with van der Waals surface area (Å²) in [5, 5.41) is 0. The Balaban J connectivity index is 1.88. The molecule has 0 fully saturated rings. The molecule has 0 aliphatic carbocycles. The van der Waals surface area contributed by atoms with Gasteiger partial charge in [0.2, 0.25) is 5.84 Å². The van der Waals surface area contributed by atoms with Crippen molar-refractivity contribution in [2.75, 3.05) is 0 Å². The van der Waals surface area contributed by atoms with Crippen LogP contribution in [0.25, 0.3) is 0 Å². The summed E-state index contributed by atoms with van der Waals surface area (Å²) in [5.74, 6) is 18.2. The summed E-state index contributed by atoms with van der Waals surface area (Å²) in [4.78, 5) is 20.8. The summed E-state index contributed by atoms with van der Waals surface area (Å²) in [6, 6.07) is 10.9. The number of rotatable bonds is 1. The van der Waals surface area contributed by atoms with E-state index in [2.05, 4.69) is 67.0 Å². The van der Waals surface area contributed by atoms with Crippen molar-refractivity contribution < 1.29 is 0 Å². The van der Waals surface area contributed by atoms with Gasteiger partial charge in [-0.15, -0.1) is 0 Å². The SMILES string of the molecule is C=C(C#Cc1ccncc1)/N=C(C#Cc1ccncc1)\N=C(/C)C#Cc1ccncc1. The third kappa shape index (κ3) is 7.62. The van der Waals surface area contributed by atoms with Crippen LogP contribution in [0.1, 0.15) is 23.6 Å². The number of aromatic nitrogens is 3. The minimum atomic E-state index is 0.271. The Kier molecular flexibility index (Phi) is 7.61. The van der Waals surface area contributed by atoms with Crippen molar-refractivity contribution in [3.63, 3.8) is 0 Å². The van der Waals surface area contributed by atoms with Crippen molar-refractivity contribution in [2.24, 2.45) is 9.98 Å². The lowest BCUT2D eigenvalue weighted by Gasteiger charge is -1.94. The summed E-state index contributed by atoms with van der Waals surface area (Å²) in [5.41, 5.74) is 3.37. The molecule has 3 heterocycles. The maximum absolute atomic E-state index is 4.45. The average Bonchev–Trinajstić information content (AvgIpc) is 2.82. The summed E-state index contributed by atoms with van der Waals surface area (Å²) < 4.78 is 0. The highest BCUT2D eigenvalue weighted by Gasteiger charge is 1.96. The molecule has 0 bridgehead atoms. The lowest BCUT2D eigenvalue weighted by atomic mass is 10.2. The smallest absolute Gasteiger partial charge is 0.207 e. The van der Waals surface area contributed by atoms with E-state index < -0.39 is 0 Å². The molecular formula is C26H17N5. The topological polar surface area (TPSA) is 63.4 Å². The first kappa shape index (κ1) is 20.9. The second-order valence-electron chi connectivity index (χ2n) is 6.04. The Morgan fingerprint density at radius 2 is 1.06 bits per heavy atom. The van der Waals surface area contributed by atoms with Crippen LogP contribution in [0.4, 0.5) is 0 Å². The molecule has 5 heteroatoms. The third-order valence-electron chi connectivity index (χ3n) is 3.61. The van der Waals surface area contributed by atoms with Crippen LogP contribution >= 0.6 is 0 Å². The number of nitrogens with zero attached hydrogens (tertiary/aromatic N) is 5. The number of allylic oxidation sites excluding steroid dienone is 1. The molecule has 0 N–H and O–H groups in total. The van der Waals surface area contributed by atoms with Crippen molar-refractivity contribution in [2.45, 2.75) is 6.92 Å². The Morgan fingerprint density at radius 3 is 1.55 bits per heavy atom. The number of hydrogen-bond donors (Lipinski definition) is 0. The molecule has 0 spiro atoms. The van der Waals surface area contributed by atoms with Crippen LogP contribution in [0, 0.1) is 35.5 Å². The molecule has 0 radical (unpaired) electrons. The van der Waals surface area contributed by atoms with E-state index in [0.717, 1.165) is 16.7 Å². The first-order valence-electron chi connectivity index (χ1n) is 9.28. The third-order valence-corrected chi connectivity index (χ3v) is 3.61. The van der Waals surface area contributed by atoms with E-state index >= 15 is 0 Å². The fourth-order valence-corrected chi connectivity index (χ4v) is 2.16. The minimum absolute atomic E-state index is 0.271. The molecule has 0 aromatic carbocycles. The van der Waals surface area contributed by atoms with Gasteiger partial charge in [0, 0.05) is 53.9 Å². The molecule has 0 saturated heterocycles. The second kappa shape index (κ2) is 11.3. The highest BCUT2D eigenvalue weighted by molar-refractivity contribution is 6.12. The Bertz CT molecular complexity index is 1290. The standard InChI is InChI=1S/C26H17N5/c1-21(3-5-23-9-15-27-16-10-23)30-26(8-7-25-13-19-29-20-14-25)31-22(2)4-6-24-11-17-28-18-12-24/h9-20H,1H2,2H3/b30-26-,31-22+. The van der Waals surface area contributed by atoms with Gasteiger partial charge in [-0.3, -0.25) is 15.0 Å². The van der Waals surface area contributed by atoms with E-state index in [0.29, 0.717) is 11.4 Å². The van der Waals surface area contributed by atoms with Crippen molar-refractivity contribution >= 4 is 11.5 Å². The molecule has 0 amide bonds. The van der Waals surface area contributed by atoms with Crippen molar-refractivity contribution in [1.82, 2.24) is 15.0 Å². The van der Waals surface area contributed by atoms with Crippen LogP contribution in [0.3, 0.4) is 0 Å². The van der Waals surface area contributed by atoms with Gasteiger partial charge in [0.05, 0.1) is 5.71 Å². The van der Waals surface area contributed by atoms with Crippen LogP contribution in [0.15, 0.2) is 95.8 Å². The lowest BCUT2D eigenvalue weighted by molar-refractivity contribution is 1.32. The van der Waals surface area contributed by atoms with E-state index in [-0.39, 0.29) is 5.84 Å². The Labute approximate surface area is 181 Å². The first-order valence-corrected chi connectivity index (χ1v) is 9.28. The fraction of sp³-hybridized carbons (Fsp3) is 0.0385. The van der Waals surface area contributed by atoms with E-state index in [1.165, 1.54) is 0 Å². The monoisotopic (exact) mass is 399 g/mol. The van der Waals surface area contributed by atoms with Crippen molar-refractivity contribution in [3.8, 4) is 35.5 Å². The summed E-state index contributed by atoms with van der Waals surface area (Å²) >= 11 is 0. The Morgan fingerprint density at radius 1 is 0.645 bits per heavy atom. The van der Waals surface area contributed by atoms with Crippen molar-refractivity contribution in [1.29, 1.82) is 0 Å². The molecule has 3 aromatic heterocycles. The zero-order valence-electron chi connectivity index (χ0n) is 16.9. The molecule has 5 nitrogen and oxygen atoms in total. The van der Waals surface area contributed by atoms with Gasteiger partial charge in [0.1, 0.15) is 5.70 Å². The zero-order valence-corrected chi connectivity index (χ0v) is 16.9. The lowest BCUT2D eigenvalue weighted by Crippen LogP contribution is -1.97. The van der Waals surface area contributed by atoms with Crippen LogP contribution in [-0.4, -0.2) is 26.5 Å². The normalized spacial score (nSPS) is 10.5.